The van der Waals surface area contributed by atoms with Gasteiger partial charge in [-0.25, -0.2) is 0 Å². The summed E-state index contributed by atoms with van der Waals surface area (Å²) in [5, 5.41) is 1.99. The van der Waals surface area contributed by atoms with E-state index in [4.69, 9.17) is 4.74 Å². The predicted molar refractivity (Wildman–Crippen MR) is 119 cm³/mol. The molecule has 6 nitrogen and oxygen atoms in total. The molecule has 2 saturated heterocycles. The van der Waals surface area contributed by atoms with Crippen LogP contribution in [0.3, 0.4) is 0 Å². The Morgan fingerprint density at radius 3 is 2.60 bits per heavy atom. The summed E-state index contributed by atoms with van der Waals surface area (Å²) >= 11 is 1.59. The Kier molecular flexibility index (Phi) is 6.57. The molecule has 1 aromatic heterocycles. The lowest BCUT2D eigenvalue weighted by Gasteiger charge is -2.30. The predicted octanol–water partition coefficient (Wildman–Crippen LogP) is 3.03. The minimum atomic E-state index is -0.301. The molecule has 3 heterocycles. The van der Waals surface area contributed by atoms with Crippen LogP contribution in [-0.2, 0) is 16.0 Å². The van der Waals surface area contributed by atoms with Crippen molar-refractivity contribution in [3.63, 3.8) is 0 Å². The number of carbonyl (C=O) groups is 2. The van der Waals surface area contributed by atoms with E-state index in [1.807, 2.05) is 39.4 Å². The molecular formula is C23H29N3O3S. The van der Waals surface area contributed by atoms with Crippen molar-refractivity contribution in [1.29, 1.82) is 0 Å². The first kappa shape index (κ1) is 20.7. The van der Waals surface area contributed by atoms with Crippen LogP contribution in [-0.4, -0.2) is 67.5 Å². The van der Waals surface area contributed by atoms with Gasteiger partial charge in [0.2, 0.25) is 11.8 Å². The molecule has 1 unspecified atom stereocenters. The van der Waals surface area contributed by atoms with Crippen molar-refractivity contribution < 1.29 is 14.3 Å². The molecule has 0 spiro atoms. The summed E-state index contributed by atoms with van der Waals surface area (Å²) in [6.45, 7) is 3.84. The molecule has 7 heteroatoms. The number of rotatable bonds is 5. The Morgan fingerprint density at radius 1 is 1.03 bits per heavy atom. The number of amides is 2. The fraction of sp³-hybridized carbons (Fsp3) is 0.478. The molecule has 160 valence electrons. The van der Waals surface area contributed by atoms with E-state index in [0.717, 1.165) is 55.2 Å². The largest absolute Gasteiger partial charge is 0.497 e. The summed E-state index contributed by atoms with van der Waals surface area (Å²) in [4.78, 5) is 33.3. The number of ether oxygens (including phenoxy) is 1. The lowest BCUT2D eigenvalue weighted by molar-refractivity contribution is -0.143. The quantitative estimate of drug-likeness (QED) is 0.736. The molecule has 0 saturated carbocycles. The van der Waals surface area contributed by atoms with Gasteiger partial charge in [-0.3, -0.25) is 9.59 Å². The number of carbonyl (C=O) groups excluding carboxylic acids is 2. The summed E-state index contributed by atoms with van der Waals surface area (Å²) in [5.74, 6) is 1.03. The third kappa shape index (κ3) is 4.61. The summed E-state index contributed by atoms with van der Waals surface area (Å²) < 4.78 is 5.25. The van der Waals surface area contributed by atoms with Crippen LogP contribution in [0.5, 0.6) is 5.75 Å². The fourth-order valence-electron chi connectivity index (χ4n) is 4.39. The molecule has 30 heavy (non-hydrogen) atoms. The van der Waals surface area contributed by atoms with Gasteiger partial charge in [-0.1, -0.05) is 6.07 Å². The van der Waals surface area contributed by atoms with Crippen molar-refractivity contribution in [2.75, 3.05) is 44.7 Å². The smallest absolute Gasteiger partial charge is 0.245 e. The fourth-order valence-corrected chi connectivity index (χ4v) is 5.08. The van der Waals surface area contributed by atoms with Gasteiger partial charge in [-0.05, 0) is 55.0 Å². The Labute approximate surface area is 182 Å². The molecular weight excluding hydrogens is 398 g/mol. The van der Waals surface area contributed by atoms with Crippen LogP contribution in [0, 0.1) is 0 Å². The maximum Gasteiger partial charge on any atom is 0.245 e. The first-order chi connectivity index (χ1) is 14.7. The number of thiophene rings is 1. The van der Waals surface area contributed by atoms with Gasteiger partial charge in [0.05, 0.1) is 13.5 Å². The van der Waals surface area contributed by atoms with Gasteiger partial charge in [0.25, 0.3) is 0 Å². The molecule has 2 aromatic rings. The van der Waals surface area contributed by atoms with Gasteiger partial charge in [0.1, 0.15) is 11.8 Å². The van der Waals surface area contributed by atoms with Crippen molar-refractivity contribution >= 4 is 28.8 Å². The Morgan fingerprint density at radius 2 is 1.87 bits per heavy atom. The molecule has 1 atom stereocenters. The molecule has 0 N–H and O–H groups in total. The second kappa shape index (κ2) is 9.51. The van der Waals surface area contributed by atoms with Crippen molar-refractivity contribution in [1.82, 2.24) is 9.80 Å². The topological polar surface area (TPSA) is 53.1 Å². The third-order valence-corrected chi connectivity index (χ3v) is 6.89. The molecule has 2 amide bonds. The molecule has 4 rings (SSSR count). The first-order valence-electron chi connectivity index (χ1n) is 10.7. The number of nitrogens with zero attached hydrogens (tertiary/aromatic N) is 3. The highest BCUT2D eigenvalue weighted by Gasteiger charge is 2.36. The van der Waals surface area contributed by atoms with E-state index in [1.54, 1.807) is 18.4 Å². The Hall–Kier alpha value is -2.54. The molecule has 0 aliphatic carbocycles. The van der Waals surface area contributed by atoms with Crippen LogP contribution in [0.25, 0.3) is 0 Å². The van der Waals surface area contributed by atoms with E-state index in [2.05, 4.69) is 17.0 Å². The monoisotopic (exact) mass is 427 g/mol. The molecule has 2 aliphatic heterocycles. The minimum absolute atomic E-state index is 0.0722. The Bertz CT molecular complexity index is 853. The van der Waals surface area contributed by atoms with Crippen LogP contribution in [0.2, 0.25) is 0 Å². The van der Waals surface area contributed by atoms with Crippen molar-refractivity contribution in [3.8, 4) is 5.75 Å². The number of benzene rings is 1. The summed E-state index contributed by atoms with van der Waals surface area (Å²) in [6, 6.07) is 11.7. The van der Waals surface area contributed by atoms with E-state index >= 15 is 0 Å². The summed E-state index contributed by atoms with van der Waals surface area (Å²) in [5.41, 5.74) is 1.15. The molecule has 2 aliphatic rings. The average molecular weight is 428 g/mol. The van der Waals surface area contributed by atoms with Gasteiger partial charge in [-0.15, -0.1) is 11.3 Å². The Balaban J connectivity index is 1.37. The van der Waals surface area contributed by atoms with E-state index in [-0.39, 0.29) is 17.9 Å². The van der Waals surface area contributed by atoms with Gasteiger partial charge >= 0.3 is 0 Å². The van der Waals surface area contributed by atoms with Gasteiger partial charge in [0, 0.05) is 43.3 Å². The number of anilines is 1. The zero-order valence-electron chi connectivity index (χ0n) is 17.5. The van der Waals surface area contributed by atoms with Gasteiger partial charge < -0.3 is 19.4 Å². The maximum absolute atomic E-state index is 13.3. The lowest BCUT2D eigenvalue weighted by atomic mass is 10.1. The van der Waals surface area contributed by atoms with Crippen LogP contribution in [0.4, 0.5) is 5.69 Å². The van der Waals surface area contributed by atoms with E-state index in [9.17, 15) is 9.59 Å². The lowest BCUT2D eigenvalue weighted by Crippen LogP contribution is -2.49. The number of likely N-dealkylation sites (tertiary alicyclic amines) is 1. The zero-order chi connectivity index (χ0) is 20.9. The third-order valence-electron chi connectivity index (χ3n) is 6.01. The normalized spacial score (nSPS) is 19.6. The molecule has 1 aromatic carbocycles. The molecule has 0 bridgehead atoms. The van der Waals surface area contributed by atoms with E-state index in [1.165, 1.54) is 0 Å². The van der Waals surface area contributed by atoms with Crippen LogP contribution in [0.1, 0.15) is 24.1 Å². The van der Waals surface area contributed by atoms with Gasteiger partial charge in [0.15, 0.2) is 0 Å². The standard InChI is InChI=1S/C23H29N3O3S/c1-29-19-9-7-18(8-10-19)24-11-4-12-25(15-14-24)23(28)21-6-2-13-26(21)22(27)17-20-5-3-16-30-20/h3,5,7-10,16,21H,2,4,6,11-15,17H2,1H3. The molecule has 2 fully saturated rings. The second-order valence-corrected chi connectivity index (χ2v) is 8.90. The second-order valence-electron chi connectivity index (χ2n) is 7.87. The van der Waals surface area contributed by atoms with Gasteiger partial charge in [-0.2, -0.15) is 0 Å². The SMILES string of the molecule is COc1ccc(N2CCCN(C(=O)C3CCCN3C(=O)Cc3cccs3)CC2)cc1. The van der Waals surface area contributed by atoms with E-state index < -0.39 is 0 Å². The van der Waals surface area contributed by atoms with Crippen molar-refractivity contribution in [2.24, 2.45) is 0 Å². The maximum atomic E-state index is 13.3. The van der Waals surface area contributed by atoms with Crippen molar-refractivity contribution in [3.05, 3.63) is 46.7 Å². The molecule has 0 radical (unpaired) electrons. The highest BCUT2D eigenvalue weighted by atomic mass is 32.1. The van der Waals surface area contributed by atoms with E-state index in [0.29, 0.717) is 19.5 Å². The highest BCUT2D eigenvalue weighted by molar-refractivity contribution is 7.10. The summed E-state index contributed by atoms with van der Waals surface area (Å²) in [6.07, 6.45) is 2.99. The van der Waals surface area contributed by atoms with Crippen LogP contribution in [0.15, 0.2) is 41.8 Å². The minimum Gasteiger partial charge on any atom is -0.497 e. The number of methoxy groups -OCH3 is 1. The average Bonchev–Trinajstić information content (AvgIpc) is 3.40. The summed E-state index contributed by atoms with van der Waals surface area (Å²) in [7, 11) is 1.67. The first-order valence-corrected chi connectivity index (χ1v) is 11.5. The van der Waals surface area contributed by atoms with Crippen LogP contribution >= 0.6 is 11.3 Å². The highest BCUT2D eigenvalue weighted by Crippen LogP contribution is 2.24. The number of hydrogen-bond acceptors (Lipinski definition) is 5. The number of hydrogen-bond donors (Lipinski definition) is 0. The zero-order valence-corrected chi connectivity index (χ0v) is 18.3. The van der Waals surface area contributed by atoms with Crippen molar-refractivity contribution in [2.45, 2.75) is 31.7 Å². The van der Waals surface area contributed by atoms with Crippen LogP contribution < -0.4 is 9.64 Å².